The lowest BCUT2D eigenvalue weighted by molar-refractivity contribution is 0.305. The van der Waals surface area contributed by atoms with E-state index in [1.54, 1.807) is 12.1 Å². The summed E-state index contributed by atoms with van der Waals surface area (Å²) in [6, 6.07) is 18.4. The van der Waals surface area contributed by atoms with Crippen LogP contribution in [0, 0.1) is 19.7 Å². The van der Waals surface area contributed by atoms with Gasteiger partial charge in [-0.1, -0.05) is 49.7 Å². The van der Waals surface area contributed by atoms with Gasteiger partial charge in [0.1, 0.15) is 18.2 Å². The number of aryl methyl sites for hydroxylation is 4. The lowest BCUT2D eigenvalue weighted by Gasteiger charge is -2.34. The van der Waals surface area contributed by atoms with Crippen molar-refractivity contribution in [2.75, 3.05) is 11.4 Å². The van der Waals surface area contributed by atoms with E-state index < -0.39 is 0 Å². The maximum atomic E-state index is 13.8. The fraction of sp³-hybridized carbons (Fsp3) is 0.357. The topological polar surface area (TPSA) is 12.5 Å². The monoisotopic (exact) mass is 417 g/mol. The summed E-state index contributed by atoms with van der Waals surface area (Å²) >= 11 is 0. The fourth-order valence-corrected chi connectivity index (χ4v) is 4.61. The normalized spacial score (nSPS) is 13.2. The molecule has 0 fully saturated rings. The molecule has 1 aliphatic rings. The van der Waals surface area contributed by atoms with Crippen molar-refractivity contribution in [2.24, 2.45) is 0 Å². The largest absolute Gasteiger partial charge is 0.487 e. The molecule has 31 heavy (non-hydrogen) atoms. The molecule has 0 bridgehead atoms. The van der Waals surface area contributed by atoms with E-state index >= 15 is 0 Å². The quantitative estimate of drug-likeness (QED) is 0.413. The van der Waals surface area contributed by atoms with Crippen LogP contribution in [0.15, 0.2) is 54.6 Å². The van der Waals surface area contributed by atoms with Gasteiger partial charge in [-0.15, -0.1) is 0 Å². The molecule has 2 nitrogen and oxygen atoms in total. The maximum absolute atomic E-state index is 13.8. The highest BCUT2D eigenvalue weighted by Gasteiger charge is 2.22. The maximum Gasteiger partial charge on any atom is 0.143 e. The second-order valence-corrected chi connectivity index (χ2v) is 8.66. The lowest BCUT2D eigenvalue weighted by atomic mass is 9.97. The smallest absolute Gasteiger partial charge is 0.143 e. The zero-order chi connectivity index (χ0) is 21.8. The van der Waals surface area contributed by atoms with Gasteiger partial charge in [-0.05, 0) is 84.7 Å². The molecule has 0 spiro atoms. The number of rotatable bonds is 7. The fourth-order valence-electron chi connectivity index (χ4n) is 4.61. The number of nitrogens with zero attached hydrogens (tertiary/aromatic N) is 1. The molecule has 0 unspecified atom stereocenters. The Kier molecular flexibility index (Phi) is 6.60. The molecule has 3 aromatic rings. The number of hydrogen-bond donors (Lipinski definition) is 0. The minimum absolute atomic E-state index is 0.160. The highest BCUT2D eigenvalue weighted by atomic mass is 19.1. The Morgan fingerprint density at radius 3 is 2.39 bits per heavy atom. The number of hydrogen-bond acceptors (Lipinski definition) is 2. The van der Waals surface area contributed by atoms with Crippen LogP contribution in [0.25, 0.3) is 0 Å². The molecule has 0 saturated heterocycles. The van der Waals surface area contributed by atoms with Crippen molar-refractivity contribution in [3.63, 3.8) is 0 Å². The summed E-state index contributed by atoms with van der Waals surface area (Å²) in [6.07, 6.45) is 4.46. The van der Waals surface area contributed by atoms with Crippen LogP contribution in [-0.4, -0.2) is 6.54 Å². The zero-order valence-corrected chi connectivity index (χ0v) is 18.9. The summed E-state index contributed by atoms with van der Waals surface area (Å²) in [5, 5.41) is 0. The lowest BCUT2D eigenvalue weighted by Crippen LogP contribution is -2.30. The molecule has 0 radical (unpaired) electrons. The second kappa shape index (κ2) is 9.55. The van der Waals surface area contributed by atoms with Gasteiger partial charge in [0.2, 0.25) is 0 Å². The van der Waals surface area contributed by atoms with Gasteiger partial charge in [-0.25, -0.2) is 4.39 Å². The second-order valence-electron chi connectivity index (χ2n) is 8.66. The Labute approximate surface area is 185 Å². The van der Waals surface area contributed by atoms with E-state index in [4.69, 9.17) is 4.74 Å². The van der Waals surface area contributed by atoms with Gasteiger partial charge in [-0.3, -0.25) is 0 Å². The predicted octanol–water partition coefficient (Wildman–Crippen LogP) is 6.93. The molecule has 0 N–H and O–H groups in total. The summed E-state index contributed by atoms with van der Waals surface area (Å²) in [5.74, 6) is 0.777. The van der Waals surface area contributed by atoms with E-state index in [-0.39, 0.29) is 5.82 Å². The number of anilines is 1. The van der Waals surface area contributed by atoms with E-state index in [0.717, 1.165) is 55.6 Å². The molecule has 0 atom stereocenters. The molecule has 0 amide bonds. The molecule has 1 heterocycles. The van der Waals surface area contributed by atoms with E-state index in [1.807, 2.05) is 13.8 Å². The molecular weight excluding hydrogens is 385 g/mol. The number of benzene rings is 3. The van der Waals surface area contributed by atoms with Crippen LogP contribution in [0.5, 0.6) is 5.75 Å². The third-order valence-electron chi connectivity index (χ3n) is 6.24. The van der Waals surface area contributed by atoms with Gasteiger partial charge in [0.15, 0.2) is 0 Å². The first-order chi connectivity index (χ1) is 15.0. The summed E-state index contributed by atoms with van der Waals surface area (Å²) in [4.78, 5) is 2.41. The van der Waals surface area contributed by atoms with Gasteiger partial charge in [0.05, 0.1) is 5.69 Å². The van der Waals surface area contributed by atoms with Gasteiger partial charge in [0, 0.05) is 13.1 Å². The van der Waals surface area contributed by atoms with Crippen LogP contribution in [0.3, 0.4) is 0 Å². The van der Waals surface area contributed by atoms with Crippen LogP contribution in [0.4, 0.5) is 10.1 Å². The highest BCUT2D eigenvalue weighted by molar-refractivity contribution is 5.65. The summed E-state index contributed by atoms with van der Waals surface area (Å²) < 4.78 is 20.1. The molecule has 4 rings (SSSR count). The van der Waals surface area contributed by atoms with Gasteiger partial charge in [0.25, 0.3) is 0 Å². The molecule has 0 aromatic heterocycles. The first kappa shape index (κ1) is 21.4. The molecule has 0 aliphatic carbocycles. The van der Waals surface area contributed by atoms with Crippen LogP contribution in [0.1, 0.15) is 53.1 Å². The summed E-state index contributed by atoms with van der Waals surface area (Å²) in [6.45, 7) is 8.52. The van der Waals surface area contributed by atoms with Crippen molar-refractivity contribution in [1.82, 2.24) is 0 Å². The van der Waals surface area contributed by atoms with Crippen molar-refractivity contribution in [3.8, 4) is 5.75 Å². The minimum Gasteiger partial charge on any atom is -0.487 e. The number of ether oxygens (including phenoxy) is 1. The van der Waals surface area contributed by atoms with E-state index in [1.165, 1.54) is 27.9 Å². The average Bonchev–Trinajstić information content (AvgIpc) is 2.76. The molecule has 3 heteroatoms. The van der Waals surface area contributed by atoms with Crippen molar-refractivity contribution in [2.45, 2.75) is 59.6 Å². The van der Waals surface area contributed by atoms with Gasteiger partial charge >= 0.3 is 0 Å². The minimum atomic E-state index is -0.160. The number of fused-ring (bicyclic) bond motifs is 1. The van der Waals surface area contributed by atoms with E-state index in [9.17, 15) is 4.39 Å². The zero-order valence-electron chi connectivity index (χ0n) is 18.9. The van der Waals surface area contributed by atoms with Gasteiger partial charge in [-0.2, -0.15) is 0 Å². The summed E-state index contributed by atoms with van der Waals surface area (Å²) in [5.41, 5.74) is 8.31. The number of para-hydroxylation sites is 1. The third kappa shape index (κ3) is 4.92. The van der Waals surface area contributed by atoms with Crippen LogP contribution < -0.4 is 9.64 Å². The van der Waals surface area contributed by atoms with Crippen molar-refractivity contribution in [1.29, 1.82) is 0 Å². The molecular formula is C28H32FNO. The Morgan fingerprint density at radius 2 is 1.68 bits per heavy atom. The molecule has 1 aliphatic heterocycles. The Hall–Kier alpha value is -2.81. The number of halogens is 1. The average molecular weight is 418 g/mol. The Balaban J connectivity index is 1.56. The molecule has 3 aromatic carbocycles. The third-order valence-corrected chi connectivity index (χ3v) is 6.24. The van der Waals surface area contributed by atoms with Gasteiger partial charge < -0.3 is 9.64 Å². The van der Waals surface area contributed by atoms with Crippen molar-refractivity contribution >= 4 is 5.69 Å². The predicted molar refractivity (Wildman–Crippen MR) is 126 cm³/mol. The van der Waals surface area contributed by atoms with Crippen LogP contribution in [-0.2, 0) is 26.0 Å². The van der Waals surface area contributed by atoms with E-state index in [0.29, 0.717) is 6.61 Å². The van der Waals surface area contributed by atoms with E-state index in [2.05, 4.69) is 54.3 Å². The Morgan fingerprint density at radius 1 is 0.968 bits per heavy atom. The summed E-state index contributed by atoms with van der Waals surface area (Å²) in [7, 11) is 0. The van der Waals surface area contributed by atoms with Crippen LogP contribution in [0.2, 0.25) is 0 Å². The molecule has 162 valence electrons. The molecule has 0 saturated carbocycles. The Bertz CT molecular complexity index is 1020. The first-order valence-corrected chi connectivity index (χ1v) is 11.4. The highest BCUT2D eigenvalue weighted by Crippen LogP contribution is 2.38. The van der Waals surface area contributed by atoms with Crippen LogP contribution >= 0.6 is 0 Å². The van der Waals surface area contributed by atoms with Crippen molar-refractivity contribution < 1.29 is 9.13 Å². The van der Waals surface area contributed by atoms with Crippen molar-refractivity contribution in [3.05, 3.63) is 93.8 Å². The standard InChI is InChI=1S/C28H32FNO/c1-4-7-22-11-13-23(14-12-22)19-31-27-10-5-8-24-9-6-15-30(28(24)27)18-26-20(2)16-25(29)17-21(26)3/h5,8,10-14,16-17H,4,6-7,9,15,18-19H2,1-3H3. The first-order valence-electron chi connectivity index (χ1n) is 11.4. The SMILES string of the molecule is CCCc1ccc(COc2cccc3c2N(Cc2c(C)cc(F)cc2C)CCC3)cc1.